The molecule has 1 amide bonds. The molecule has 9 nitrogen and oxygen atoms in total. The van der Waals surface area contributed by atoms with Crippen molar-refractivity contribution in [3.63, 3.8) is 0 Å². The summed E-state index contributed by atoms with van der Waals surface area (Å²) in [6, 6.07) is 9.20. The average Bonchev–Trinajstić information content (AvgIpc) is 3.36. The largest absolute Gasteiger partial charge is 0.497 e. The van der Waals surface area contributed by atoms with Gasteiger partial charge in [-0.15, -0.1) is 12.4 Å². The number of aromatic nitrogens is 5. The van der Waals surface area contributed by atoms with Gasteiger partial charge in [-0.05, 0) is 56.3 Å². The Morgan fingerprint density at radius 2 is 1.97 bits per heavy atom. The van der Waals surface area contributed by atoms with Crippen molar-refractivity contribution >= 4 is 24.3 Å². The van der Waals surface area contributed by atoms with E-state index in [9.17, 15) is 4.79 Å². The highest BCUT2D eigenvalue weighted by Gasteiger charge is 2.22. The second-order valence-electron chi connectivity index (χ2n) is 6.79. The predicted octanol–water partition coefficient (Wildman–Crippen LogP) is 2.35. The van der Waals surface area contributed by atoms with Crippen LogP contribution in [0.25, 0.3) is 11.3 Å². The number of halogens is 1. The third-order valence-electron chi connectivity index (χ3n) is 4.92. The van der Waals surface area contributed by atoms with E-state index >= 15 is 0 Å². The van der Waals surface area contributed by atoms with Gasteiger partial charge in [-0.3, -0.25) is 15.2 Å². The van der Waals surface area contributed by atoms with Crippen molar-refractivity contribution in [1.29, 1.82) is 0 Å². The SMILES string of the molecule is COc1ccc(-c2cc(C(=O)Nc3nc(C4CCNCC4)nn3C)[nH]n2)cc1.Cl. The zero-order valence-electron chi connectivity index (χ0n) is 16.3. The first-order valence-electron chi connectivity index (χ1n) is 9.27. The lowest BCUT2D eigenvalue weighted by atomic mass is 9.98. The molecule has 1 aromatic carbocycles. The fourth-order valence-corrected chi connectivity index (χ4v) is 3.28. The number of benzene rings is 1. The smallest absolute Gasteiger partial charge is 0.276 e. The molecular weight excluding hydrogens is 394 g/mol. The van der Waals surface area contributed by atoms with Gasteiger partial charge in [0.1, 0.15) is 11.4 Å². The van der Waals surface area contributed by atoms with Crippen LogP contribution in [0.5, 0.6) is 5.75 Å². The normalized spacial score (nSPS) is 14.3. The number of nitrogens with zero attached hydrogens (tertiary/aromatic N) is 4. The average molecular weight is 418 g/mol. The predicted molar refractivity (Wildman–Crippen MR) is 112 cm³/mol. The number of nitrogens with one attached hydrogen (secondary N) is 3. The Hall–Kier alpha value is -2.91. The fourth-order valence-electron chi connectivity index (χ4n) is 3.28. The Kier molecular flexibility index (Phi) is 6.50. The number of hydrogen-bond donors (Lipinski definition) is 3. The van der Waals surface area contributed by atoms with E-state index in [1.165, 1.54) is 0 Å². The molecular formula is C19H24ClN7O2. The Labute approximate surface area is 174 Å². The molecule has 0 radical (unpaired) electrons. The molecule has 3 heterocycles. The molecule has 3 aromatic rings. The van der Waals surface area contributed by atoms with Crippen LogP contribution in [0.4, 0.5) is 5.95 Å². The number of H-pyrrole nitrogens is 1. The van der Waals surface area contributed by atoms with Crippen LogP contribution in [-0.2, 0) is 7.05 Å². The molecule has 1 saturated heterocycles. The number of ether oxygens (including phenoxy) is 1. The van der Waals surface area contributed by atoms with Crippen LogP contribution in [0, 0.1) is 0 Å². The minimum absolute atomic E-state index is 0. The monoisotopic (exact) mass is 417 g/mol. The Bertz CT molecular complexity index is 961. The summed E-state index contributed by atoms with van der Waals surface area (Å²) in [5.74, 6) is 2.00. The highest BCUT2D eigenvalue weighted by molar-refractivity contribution is 6.02. The maximum Gasteiger partial charge on any atom is 0.276 e. The minimum atomic E-state index is -0.306. The molecule has 0 bridgehead atoms. The van der Waals surface area contributed by atoms with Gasteiger partial charge in [0, 0.05) is 18.5 Å². The van der Waals surface area contributed by atoms with Gasteiger partial charge >= 0.3 is 0 Å². The van der Waals surface area contributed by atoms with Gasteiger partial charge in [0.05, 0.1) is 12.8 Å². The van der Waals surface area contributed by atoms with Crippen LogP contribution in [0.15, 0.2) is 30.3 Å². The van der Waals surface area contributed by atoms with E-state index in [1.807, 2.05) is 24.3 Å². The van der Waals surface area contributed by atoms with Crippen LogP contribution in [0.1, 0.15) is 35.1 Å². The van der Waals surface area contributed by atoms with E-state index in [0.717, 1.165) is 43.1 Å². The number of methoxy groups -OCH3 is 1. The Morgan fingerprint density at radius 1 is 1.24 bits per heavy atom. The Morgan fingerprint density at radius 3 is 2.66 bits per heavy atom. The van der Waals surface area contributed by atoms with Gasteiger partial charge in [-0.25, -0.2) is 4.68 Å². The number of carbonyl (C=O) groups is 1. The van der Waals surface area contributed by atoms with E-state index in [2.05, 4.69) is 30.9 Å². The van der Waals surface area contributed by atoms with E-state index in [-0.39, 0.29) is 18.3 Å². The maximum atomic E-state index is 12.6. The summed E-state index contributed by atoms with van der Waals surface area (Å²) in [6.45, 7) is 1.93. The number of piperidine rings is 1. The summed E-state index contributed by atoms with van der Waals surface area (Å²) in [7, 11) is 3.40. The van der Waals surface area contributed by atoms with Gasteiger partial charge in [-0.1, -0.05) is 0 Å². The van der Waals surface area contributed by atoms with Crippen molar-refractivity contribution in [1.82, 2.24) is 30.3 Å². The Balaban J connectivity index is 0.00000240. The lowest BCUT2D eigenvalue weighted by molar-refractivity contribution is 0.102. The van der Waals surface area contributed by atoms with Crippen LogP contribution in [-0.4, -0.2) is 51.1 Å². The van der Waals surface area contributed by atoms with Crippen molar-refractivity contribution in [2.24, 2.45) is 7.05 Å². The third kappa shape index (κ3) is 4.57. The molecule has 0 saturated carbocycles. The van der Waals surface area contributed by atoms with Crippen LogP contribution < -0.4 is 15.4 Å². The van der Waals surface area contributed by atoms with Gasteiger partial charge in [-0.2, -0.15) is 15.2 Å². The number of rotatable bonds is 5. The summed E-state index contributed by atoms with van der Waals surface area (Å²) < 4.78 is 6.77. The number of aromatic amines is 1. The minimum Gasteiger partial charge on any atom is -0.497 e. The van der Waals surface area contributed by atoms with Gasteiger partial charge in [0.15, 0.2) is 5.82 Å². The number of carbonyl (C=O) groups excluding carboxylic acids is 1. The molecule has 2 aromatic heterocycles. The van der Waals surface area contributed by atoms with Gasteiger partial charge in [0.25, 0.3) is 5.91 Å². The number of hydrogen-bond acceptors (Lipinski definition) is 6. The van der Waals surface area contributed by atoms with Crippen molar-refractivity contribution in [3.8, 4) is 17.0 Å². The zero-order valence-corrected chi connectivity index (χ0v) is 17.1. The van der Waals surface area contributed by atoms with Crippen molar-refractivity contribution in [3.05, 3.63) is 41.9 Å². The molecule has 29 heavy (non-hydrogen) atoms. The van der Waals surface area contributed by atoms with E-state index in [4.69, 9.17) is 4.74 Å². The van der Waals surface area contributed by atoms with Gasteiger partial charge < -0.3 is 10.1 Å². The standard InChI is InChI=1S/C19H23N7O2.ClH/c1-26-19(21-17(25-26)13-7-9-20-10-8-13)22-18(27)16-11-15(23-24-16)12-3-5-14(28-2)6-4-12;/h3-6,11,13,20H,7-10H2,1-2H3,(H,23,24)(H,21,22,25,27);1H. The molecule has 0 unspecified atom stereocenters. The first kappa shape index (κ1) is 20.8. The second kappa shape index (κ2) is 9.06. The topological polar surface area (TPSA) is 110 Å². The molecule has 1 aliphatic heterocycles. The molecule has 4 rings (SSSR count). The molecule has 1 fully saturated rings. The van der Waals surface area contributed by atoms with Crippen LogP contribution in [0.2, 0.25) is 0 Å². The molecule has 1 aliphatic rings. The lowest BCUT2D eigenvalue weighted by Crippen LogP contribution is -2.27. The maximum absolute atomic E-state index is 12.6. The number of aryl methyl sites for hydroxylation is 1. The summed E-state index contributed by atoms with van der Waals surface area (Å²) in [4.78, 5) is 17.1. The summed E-state index contributed by atoms with van der Waals surface area (Å²) in [5, 5.41) is 17.6. The van der Waals surface area contributed by atoms with E-state index < -0.39 is 0 Å². The van der Waals surface area contributed by atoms with Crippen LogP contribution in [0.3, 0.4) is 0 Å². The van der Waals surface area contributed by atoms with Gasteiger partial charge in [0.2, 0.25) is 5.95 Å². The van der Waals surface area contributed by atoms with Crippen molar-refractivity contribution in [2.75, 3.05) is 25.5 Å². The second-order valence-corrected chi connectivity index (χ2v) is 6.79. The van der Waals surface area contributed by atoms with E-state index in [1.54, 1.807) is 24.9 Å². The molecule has 0 spiro atoms. The van der Waals surface area contributed by atoms with Crippen molar-refractivity contribution < 1.29 is 9.53 Å². The first-order valence-corrected chi connectivity index (χ1v) is 9.27. The number of amides is 1. The zero-order chi connectivity index (χ0) is 19.5. The summed E-state index contributed by atoms with van der Waals surface area (Å²) in [5.41, 5.74) is 1.93. The summed E-state index contributed by atoms with van der Waals surface area (Å²) >= 11 is 0. The first-order chi connectivity index (χ1) is 13.6. The summed E-state index contributed by atoms with van der Waals surface area (Å²) in [6.07, 6.45) is 2.01. The molecule has 0 atom stereocenters. The highest BCUT2D eigenvalue weighted by atomic mass is 35.5. The third-order valence-corrected chi connectivity index (χ3v) is 4.92. The molecule has 0 aliphatic carbocycles. The molecule has 10 heteroatoms. The number of anilines is 1. The van der Waals surface area contributed by atoms with Crippen molar-refractivity contribution in [2.45, 2.75) is 18.8 Å². The highest BCUT2D eigenvalue weighted by Crippen LogP contribution is 2.24. The molecule has 3 N–H and O–H groups in total. The lowest BCUT2D eigenvalue weighted by Gasteiger charge is -2.19. The van der Waals surface area contributed by atoms with E-state index in [0.29, 0.717) is 23.3 Å². The molecule has 154 valence electrons. The fraction of sp³-hybridized carbons (Fsp3) is 0.368. The quantitative estimate of drug-likeness (QED) is 0.587. The van der Waals surface area contributed by atoms with Crippen LogP contribution >= 0.6 is 12.4 Å².